The van der Waals surface area contributed by atoms with E-state index in [4.69, 9.17) is 4.74 Å². The Morgan fingerprint density at radius 3 is 2.24 bits per heavy atom. The van der Waals surface area contributed by atoms with Gasteiger partial charge in [0.05, 0.1) is 11.3 Å². The Labute approximate surface area is 139 Å². The number of hydrogen-bond donors (Lipinski definition) is 2. The SMILES string of the molecule is O=C(COc1ccc(C(F)(F)F)cc1)NC(=O)Nc1ccccc1F. The van der Waals surface area contributed by atoms with Crippen LogP contribution in [0.5, 0.6) is 5.75 Å². The van der Waals surface area contributed by atoms with Crippen LogP contribution in [0.2, 0.25) is 0 Å². The Morgan fingerprint density at radius 2 is 1.64 bits per heavy atom. The molecule has 2 aromatic carbocycles. The lowest BCUT2D eigenvalue weighted by Crippen LogP contribution is -2.37. The number of carbonyl (C=O) groups excluding carboxylic acids is 2. The highest BCUT2D eigenvalue weighted by molar-refractivity contribution is 6.01. The summed E-state index contributed by atoms with van der Waals surface area (Å²) in [5.74, 6) is -1.50. The van der Waals surface area contributed by atoms with Crippen LogP contribution in [-0.4, -0.2) is 18.5 Å². The van der Waals surface area contributed by atoms with E-state index >= 15 is 0 Å². The lowest BCUT2D eigenvalue weighted by molar-refractivity contribution is -0.137. The van der Waals surface area contributed by atoms with Crippen LogP contribution in [0.25, 0.3) is 0 Å². The third kappa shape index (κ3) is 5.48. The van der Waals surface area contributed by atoms with Crippen LogP contribution in [0.3, 0.4) is 0 Å². The van der Waals surface area contributed by atoms with Crippen LogP contribution in [0.4, 0.5) is 28.0 Å². The van der Waals surface area contributed by atoms with E-state index < -0.39 is 36.1 Å². The average Bonchev–Trinajstić information content (AvgIpc) is 2.54. The molecule has 0 atom stereocenters. The third-order valence-corrected chi connectivity index (χ3v) is 2.93. The van der Waals surface area contributed by atoms with Crippen molar-refractivity contribution in [1.29, 1.82) is 0 Å². The van der Waals surface area contributed by atoms with Gasteiger partial charge >= 0.3 is 12.2 Å². The third-order valence-electron chi connectivity index (χ3n) is 2.93. The van der Waals surface area contributed by atoms with Crippen LogP contribution in [0, 0.1) is 5.82 Å². The number of anilines is 1. The Bertz CT molecular complexity index is 761. The lowest BCUT2D eigenvalue weighted by Gasteiger charge is -2.10. The van der Waals surface area contributed by atoms with Crippen molar-refractivity contribution in [3.8, 4) is 5.75 Å². The molecule has 0 aliphatic heterocycles. The molecule has 2 aromatic rings. The predicted octanol–water partition coefficient (Wildman–Crippen LogP) is 3.57. The van der Waals surface area contributed by atoms with Crippen molar-refractivity contribution in [3.05, 3.63) is 59.9 Å². The number of benzene rings is 2. The number of rotatable bonds is 4. The van der Waals surface area contributed by atoms with Crippen LogP contribution in [0.15, 0.2) is 48.5 Å². The van der Waals surface area contributed by atoms with E-state index in [9.17, 15) is 27.2 Å². The highest BCUT2D eigenvalue weighted by Crippen LogP contribution is 2.30. The molecule has 0 heterocycles. The van der Waals surface area contributed by atoms with Gasteiger partial charge in [0.15, 0.2) is 6.61 Å². The first-order chi connectivity index (χ1) is 11.8. The van der Waals surface area contributed by atoms with Crippen molar-refractivity contribution in [3.63, 3.8) is 0 Å². The molecule has 3 amide bonds. The fourth-order valence-electron chi connectivity index (χ4n) is 1.77. The largest absolute Gasteiger partial charge is 0.484 e. The molecule has 9 heteroatoms. The molecule has 132 valence electrons. The van der Waals surface area contributed by atoms with Gasteiger partial charge in [-0.15, -0.1) is 0 Å². The molecule has 0 unspecified atom stereocenters. The van der Waals surface area contributed by atoms with Gasteiger partial charge in [-0.05, 0) is 36.4 Å². The number of nitrogens with one attached hydrogen (secondary N) is 2. The summed E-state index contributed by atoms with van der Waals surface area (Å²) >= 11 is 0. The van der Waals surface area contributed by atoms with E-state index in [2.05, 4.69) is 5.32 Å². The number of alkyl halides is 3. The second-order valence-corrected chi connectivity index (χ2v) is 4.79. The maximum absolute atomic E-state index is 13.3. The number of urea groups is 1. The zero-order valence-corrected chi connectivity index (χ0v) is 12.6. The summed E-state index contributed by atoms with van der Waals surface area (Å²) in [6.07, 6.45) is -4.47. The number of para-hydroxylation sites is 1. The minimum Gasteiger partial charge on any atom is -0.484 e. The molecule has 0 saturated carbocycles. The second-order valence-electron chi connectivity index (χ2n) is 4.79. The zero-order valence-electron chi connectivity index (χ0n) is 12.6. The van der Waals surface area contributed by atoms with Crippen molar-refractivity contribution in [2.24, 2.45) is 0 Å². The summed E-state index contributed by atoms with van der Waals surface area (Å²) in [4.78, 5) is 23.1. The molecule has 0 aliphatic rings. The van der Waals surface area contributed by atoms with Gasteiger partial charge in [-0.2, -0.15) is 13.2 Å². The summed E-state index contributed by atoms with van der Waals surface area (Å²) in [7, 11) is 0. The highest BCUT2D eigenvalue weighted by atomic mass is 19.4. The number of halogens is 4. The van der Waals surface area contributed by atoms with Crippen LogP contribution >= 0.6 is 0 Å². The van der Waals surface area contributed by atoms with E-state index in [1.807, 2.05) is 5.32 Å². The number of hydrogen-bond acceptors (Lipinski definition) is 3. The van der Waals surface area contributed by atoms with Gasteiger partial charge in [0.25, 0.3) is 5.91 Å². The lowest BCUT2D eigenvalue weighted by atomic mass is 10.2. The molecule has 25 heavy (non-hydrogen) atoms. The summed E-state index contributed by atoms with van der Waals surface area (Å²) in [6, 6.07) is 8.10. The van der Waals surface area contributed by atoms with Gasteiger partial charge in [-0.3, -0.25) is 10.1 Å². The first-order valence-corrected chi connectivity index (χ1v) is 6.91. The molecular formula is C16H12F4N2O3. The molecule has 0 spiro atoms. The normalized spacial score (nSPS) is 10.9. The number of amides is 3. The fraction of sp³-hybridized carbons (Fsp3) is 0.125. The molecule has 0 bridgehead atoms. The molecule has 2 rings (SSSR count). The molecule has 0 aromatic heterocycles. The molecule has 0 aliphatic carbocycles. The van der Waals surface area contributed by atoms with Gasteiger partial charge in [0, 0.05) is 0 Å². The van der Waals surface area contributed by atoms with E-state index in [1.165, 1.54) is 18.2 Å². The van der Waals surface area contributed by atoms with E-state index in [-0.39, 0.29) is 11.4 Å². The van der Waals surface area contributed by atoms with Gasteiger partial charge in [0.2, 0.25) is 0 Å². The van der Waals surface area contributed by atoms with Gasteiger partial charge in [0.1, 0.15) is 11.6 Å². The second kappa shape index (κ2) is 7.65. The monoisotopic (exact) mass is 356 g/mol. The average molecular weight is 356 g/mol. The van der Waals surface area contributed by atoms with Crippen molar-refractivity contribution in [1.82, 2.24) is 5.32 Å². The standard InChI is InChI=1S/C16H12F4N2O3/c17-12-3-1-2-4-13(12)21-15(24)22-14(23)9-25-11-7-5-10(6-8-11)16(18,19)20/h1-8H,9H2,(H2,21,22,23,24). The van der Waals surface area contributed by atoms with Gasteiger partial charge in [-0.1, -0.05) is 12.1 Å². The van der Waals surface area contributed by atoms with Crippen molar-refractivity contribution >= 4 is 17.6 Å². The molecule has 2 N–H and O–H groups in total. The molecule has 0 fully saturated rings. The summed E-state index contributed by atoms with van der Waals surface area (Å²) < 4.78 is 55.5. The summed E-state index contributed by atoms with van der Waals surface area (Å²) in [5.41, 5.74) is -0.968. The minimum absolute atomic E-state index is 0.0256. The number of carbonyl (C=O) groups is 2. The zero-order chi connectivity index (χ0) is 18.4. The van der Waals surface area contributed by atoms with Gasteiger partial charge < -0.3 is 10.1 Å². The minimum atomic E-state index is -4.47. The molecule has 0 radical (unpaired) electrons. The van der Waals surface area contributed by atoms with Crippen molar-refractivity contribution in [2.45, 2.75) is 6.18 Å². The maximum atomic E-state index is 13.3. The Hall–Kier alpha value is -3.10. The van der Waals surface area contributed by atoms with E-state index in [1.54, 1.807) is 0 Å². The molecule has 0 saturated heterocycles. The summed E-state index contributed by atoms with van der Waals surface area (Å²) in [5, 5.41) is 4.04. The highest BCUT2D eigenvalue weighted by Gasteiger charge is 2.30. The Kier molecular flexibility index (Phi) is 5.58. The number of imide groups is 1. The van der Waals surface area contributed by atoms with E-state index in [0.717, 1.165) is 30.3 Å². The Morgan fingerprint density at radius 1 is 1.00 bits per heavy atom. The van der Waals surface area contributed by atoms with Crippen LogP contribution < -0.4 is 15.4 Å². The fourth-order valence-corrected chi connectivity index (χ4v) is 1.77. The molecular weight excluding hydrogens is 344 g/mol. The van der Waals surface area contributed by atoms with Gasteiger partial charge in [-0.25, -0.2) is 9.18 Å². The predicted molar refractivity (Wildman–Crippen MR) is 80.5 cm³/mol. The quantitative estimate of drug-likeness (QED) is 0.823. The van der Waals surface area contributed by atoms with Crippen molar-refractivity contribution in [2.75, 3.05) is 11.9 Å². The first kappa shape index (κ1) is 18.2. The topological polar surface area (TPSA) is 67.4 Å². The number of ether oxygens (including phenoxy) is 1. The smallest absolute Gasteiger partial charge is 0.416 e. The Balaban J connectivity index is 1.82. The first-order valence-electron chi connectivity index (χ1n) is 6.91. The van der Waals surface area contributed by atoms with E-state index in [0.29, 0.717) is 0 Å². The summed E-state index contributed by atoms with van der Waals surface area (Å²) in [6.45, 7) is -0.601. The van der Waals surface area contributed by atoms with Crippen LogP contribution in [-0.2, 0) is 11.0 Å². The molecule has 5 nitrogen and oxygen atoms in total. The van der Waals surface area contributed by atoms with Crippen molar-refractivity contribution < 1.29 is 31.9 Å². The van der Waals surface area contributed by atoms with Crippen LogP contribution in [0.1, 0.15) is 5.56 Å². The maximum Gasteiger partial charge on any atom is 0.416 e.